The summed E-state index contributed by atoms with van der Waals surface area (Å²) in [7, 11) is 0. The normalized spacial score (nSPS) is 19.5. The number of fused-ring (bicyclic) bond motifs is 7. The molecule has 4 aliphatic rings. The topological polar surface area (TPSA) is 3.24 Å². The molecule has 4 aliphatic carbocycles. The van der Waals surface area contributed by atoms with E-state index in [9.17, 15) is 0 Å². The third-order valence-corrected chi connectivity index (χ3v) is 12.4. The number of hydrogen-bond acceptors (Lipinski definition) is 1. The van der Waals surface area contributed by atoms with Gasteiger partial charge in [0.1, 0.15) is 0 Å². The molecule has 262 valence electrons. The van der Waals surface area contributed by atoms with Crippen molar-refractivity contribution in [3.8, 4) is 11.1 Å². The third-order valence-electron chi connectivity index (χ3n) is 12.4. The molecule has 0 aliphatic heterocycles. The molecule has 0 radical (unpaired) electrons. The van der Waals surface area contributed by atoms with Gasteiger partial charge in [0.25, 0.3) is 0 Å². The second kappa shape index (κ2) is 13.1. The van der Waals surface area contributed by atoms with Crippen LogP contribution in [0.1, 0.15) is 46.6 Å². The zero-order valence-corrected chi connectivity index (χ0v) is 30.8. The molecule has 7 aromatic rings. The summed E-state index contributed by atoms with van der Waals surface area (Å²) in [5, 5.41) is 7.79. The van der Waals surface area contributed by atoms with Crippen LogP contribution in [0.15, 0.2) is 188 Å². The molecule has 11 rings (SSSR count). The maximum Gasteiger partial charge on any atom is 0.0557 e. The van der Waals surface area contributed by atoms with Crippen LogP contribution in [0, 0.1) is 5.92 Å². The highest BCUT2D eigenvalue weighted by molar-refractivity contribution is 6.12. The molecular weight excluding hydrogens is 663 g/mol. The zero-order valence-electron chi connectivity index (χ0n) is 30.8. The number of aryl methyl sites for hydroxylation is 1. The first-order valence-electron chi connectivity index (χ1n) is 19.8. The molecule has 1 heteroatoms. The van der Waals surface area contributed by atoms with E-state index in [0.717, 1.165) is 19.3 Å². The molecule has 1 nitrogen and oxygen atoms in total. The molecule has 0 amide bonds. The van der Waals surface area contributed by atoms with Crippen molar-refractivity contribution in [3.63, 3.8) is 0 Å². The van der Waals surface area contributed by atoms with Crippen molar-refractivity contribution in [3.05, 3.63) is 216 Å². The molecule has 0 fully saturated rings. The molecule has 0 saturated carbocycles. The average Bonchev–Trinajstić information content (AvgIpc) is 3.25. The second-order valence-electron chi connectivity index (χ2n) is 15.4. The third kappa shape index (κ3) is 5.37. The van der Waals surface area contributed by atoms with Crippen LogP contribution >= 0.6 is 0 Å². The van der Waals surface area contributed by atoms with E-state index in [2.05, 4.69) is 199 Å². The second-order valence-corrected chi connectivity index (χ2v) is 15.4. The molecule has 3 unspecified atom stereocenters. The Kier molecular flexibility index (Phi) is 7.66. The van der Waals surface area contributed by atoms with Gasteiger partial charge in [0.2, 0.25) is 0 Å². The van der Waals surface area contributed by atoms with Gasteiger partial charge in [-0.15, -0.1) is 0 Å². The maximum atomic E-state index is 2.64. The largest absolute Gasteiger partial charge is 0.337 e. The lowest BCUT2D eigenvalue weighted by atomic mass is 9.74. The first-order valence-corrected chi connectivity index (χ1v) is 19.8. The van der Waals surface area contributed by atoms with E-state index in [4.69, 9.17) is 0 Å². The lowest BCUT2D eigenvalue weighted by Gasteiger charge is -2.42. The van der Waals surface area contributed by atoms with Crippen molar-refractivity contribution in [2.45, 2.75) is 31.2 Å². The van der Waals surface area contributed by atoms with Crippen molar-refractivity contribution in [2.24, 2.45) is 5.92 Å². The Morgan fingerprint density at radius 1 is 0.564 bits per heavy atom. The Balaban J connectivity index is 1.04. The first-order chi connectivity index (χ1) is 27.3. The SMILES string of the molecule is C1=CC2C(N(c3ccc(-c4c5ccccc5cc5ccccc45)cc3)C3C=CC(c4c5c(cc6ccccc46)CCC=C5)=CC3)=Cc3ccccc3C2C=C1. The number of anilines is 1. The number of benzene rings is 7. The number of rotatable bonds is 5. The Bertz CT molecular complexity index is 2800. The van der Waals surface area contributed by atoms with Crippen molar-refractivity contribution in [1.29, 1.82) is 0 Å². The Hall–Kier alpha value is -6.44. The fourth-order valence-electron chi connectivity index (χ4n) is 9.82. The highest BCUT2D eigenvalue weighted by Gasteiger charge is 2.35. The van der Waals surface area contributed by atoms with Gasteiger partial charge in [-0.3, -0.25) is 0 Å². The summed E-state index contributed by atoms with van der Waals surface area (Å²) in [6, 6.07) is 49.8. The van der Waals surface area contributed by atoms with Gasteiger partial charge in [-0.2, -0.15) is 0 Å². The van der Waals surface area contributed by atoms with Crippen molar-refractivity contribution in [1.82, 2.24) is 0 Å². The summed E-state index contributed by atoms with van der Waals surface area (Å²) in [6.45, 7) is 0. The highest BCUT2D eigenvalue weighted by Crippen LogP contribution is 2.47. The van der Waals surface area contributed by atoms with E-state index in [1.54, 1.807) is 0 Å². The predicted molar refractivity (Wildman–Crippen MR) is 235 cm³/mol. The van der Waals surface area contributed by atoms with E-state index in [1.807, 2.05) is 0 Å². The molecule has 7 aromatic carbocycles. The Labute approximate surface area is 323 Å². The molecule has 0 heterocycles. The number of allylic oxidation sites excluding steroid dienone is 7. The van der Waals surface area contributed by atoms with Crippen LogP contribution in [0.4, 0.5) is 5.69 Å². The Morgan fingerprint density at radius 2 is 1.22 bits per heavy atom. The van der Waals surface area contributed by atoms with Crippen LogP contribution in [0.3, 0.4) is 0 Å². The molecule has 3 atom stereocenters. The quantitative estimate of drug-likeness (QED) is 0.161. The van der Waals surface area contributed by atoms with Crippen molar-refractivity contribution in [2.75, 3.05) is 4.90 Å². The average molecular weight is 704 g/mol. The summed E-state index contributed by atoms with van der Waals surface area (Å²) in [5.74, 6) is 0.549. The fraction of sp³-hybridized carbons (Fsp3) is 0.111. The van der Waals surface area contributed by atoms with Gasteiger partial charge in [0.05, 0.1) is 6.04 Å². The number of hydrogen-bond donors (Lipinski definition) is 0. The van der Waals surface area contributed by atoms with Crippen LogP contribution in [0.25, 0.3) is 61.2 Å². The molecule has 55 heavy (non-hydrogen) atoms. The minimum Gasteiger partial charge on any atom is -0.337 e. The molecular formula is C54H41N. The van der Waals surface area contributed by atoms with E-state index >= 15 is 0 Å². The van der Waals surface area contributed by atoms with Crippen LogP contribution in [-0.4, -0.2) is 6.04 Å². The summed E-state index contributed by atoms with van der Waals surface area (Å²) in [6.07, 6.45) is 27.0. The fourth-order valence-corrected chi connectivity index (χ4v) is 9.82. The molecule has 0 aromatic heterocycles. The molecule has 0 saturated heterocycles. The standard InChI is InChI=1S/C54H41N/c1-6-18-45-42(17-1)35-52(51-24-12-11-23-50(45)51)55(43-29-25-36(26-30-43)53-46-19-7-2-13-38(46)33-39-14-3-8-20-47(39)53)44-31-27-37(28-32-44)54-48-21-9-4-15-40(48)34-41-16-5-10-22-49(41)54/h1-4,6-15,17-31,33-35,44,50-51H,5,16,32H2. The Morgan fingerprint density at radius 3 is 1.95 bits per heavy atom. The highest BCUT2D eigenvalue weighted by atomic mass is 15.2. The van der Waals surface area contributed by atoms with Crippen LogP contribution in [0.2, 0.25) is 0 Å². The minimum absolute atomic E-state index is 0.158. The predicted octanol–water partition coefficient (Wildman–Crippen LogP) is 13.9. The van der Waals surface area contributed by atoms with E-state index in [-0.39, 0.29) is 12.0 Å². The van der Waals surface area contributed by atoms with Gasteiger partial charge in [-0.05, 0) is 120 Å². The van der Waals surface area contributed by atoms with E-state index < -0.39 is 0 Å². The van der Waals surface area contributed by atoms with Crippen LogP contribution in [0.5, 0.6) is 0 Å². The summed E-state index contributed by atoms with van der Waals surface area (Å²) in [4.78, 5) is 2.64. The smallest absolute Gasteiger partial charge is 0.0557 e. The van der Waals surface area contributed by atoms with Crippen molar-refractivity contribution >= 4 is 55.7 Å². The van der Waals surface area contributed by atoms with Gasteiger partial charge in [0.15, 0.2) is 0 Å². The van der Waals surface area contributed by atoms with Gasteiger partial charge in [-0.1, -0.05) is 170 Å². The van der Waals surface area contributed by atoms with E-state index in [0.29, 0.717) is 5.92 Å². The van der Waals surface area contributed by atoms with E-state index in [1.165, 1.54) is 88.2 Å². The minimum atomic E-state index is 0.158. The van der Waals surface area contributed by atoms with Gasteiger partial charge >= 0.3 is 0 Å². The van der Waals surface area contributed by atoms with Gasteiger partial charge in [0, 0.05) is 23.2 Å². The van der Waals surface area contributed by atoms with Gasteiger partial charge in [-0.25, -0.2) is 0 Å². The van der Waals surface area contributed by atoms with Crippen molar-refractivity contribution < 1.29 is 0 Å². The summed E-state index contributed by atoms with van der Waals surface area (Å²) >= 11 is 0. The lowest BCUT2D eigenvalue weighted by Crippen LogP contribution is -2.38. The first kappa shape index (κ1) is 32.0. The summed E-state index contributed by atoms with van der Waals surface area (Å²) in [5.41, 5.74) is 13.4. The molecule has 0 bridgehead atoms. The maximum absolute atomic E-state index is 2.64. The number of nitrogens with zero attached hydrogens (tertiary/aromatic N) is 1. The summed E-state index contributed by atoms with van der Waals surface area (Å²) < 4.78 is 0. The monoisotopic (exact) mass is 703 g/mol. The molecule has 0 spiro atoms. The zero-order chi connectivity index (χ0) is 36.3. The van der Waals surface area contributed by atoms with Crippen LogP contribution < -0.4 is 4.90 Å². The lowest BCUT2D eigenvalue weighted by molar-refractivity contribution is 0.602. The van der Waals surface area contributed by atoms with Crippen LogP contribution in [-0.2, 0) is 6.42 Å². The van der Waals surface area contributed by atoms with Gasteiger partial charge < -0.3 is 4.90 Å². The molecule has 0 N–H and O–H groups in total.